The van der Waals surface area contributed by atoms with Crippen LogP contribution in [0.4, 0.5) is 5.69 Å². The van der Waals surface area contributed by atoms with Gasteiger partial charge in [0.05, 0.1) is 12.6 Å². The molecule has 3 aromatic carbocycles. The maximum atomic E-state index is 12.8. The Hall–Kier alpha value is -2.59. The second-order valence-corrected chi connectivity index (χ2v) is 7.88. The van der Waals surface area contributed by atoms with Crippen molar-refractivity contribution in [3.63, 3.8) is 0 Å². The highest BCUT2D eigenvalue weighted by Gasteiger charge is 2.17. The van der Waals surface area contributed by atoms with Crippen molar-refractivity contribution >= 4 is 27.4 Å². The van der Waals surface area contributed by atoms with Gasteiger partial charge in [0.25, 0.3) is 0 Å². The third-order valence-electron chi connectivity index (χ3n) is 4.72. The van der Waals surface area contributed by atoms with Crippen molar-refractivity contribution in [1.29, 1.82) is 0 Å². The van der Waals surface area contributed by atoms with Gasteiger partial charge in [-0.2, -0.15) is 0 Å². The number of benzene rings is 3. The van der Waals surface area contributed by atoms with Crippen LogP contribution >= 0.6 is 15.9 Å². The Balaban J connectivity index is 1.78. The number of ether oxygens (including phenoxy) is 1. The highest BCUT2D eigenvalue weighted by molar-refractivity contribution is 9.10. The van der Waals surface area contributed by atoms with E-state index in [1.165, 1.54) is 0 Å². The van der Waals surface area contributed by atoms with Crippen molar-refractivity contribution in [1.82, 2.24) is 0 Å². The second-order valence-electron chi connectivity index (χ2n) is 6.97. The average molecular weight is 452 g/mol. The van der Waals surface area contributed by atoms with E-state index in [1.807, 2.05) is 78.9 Å². The zero-order valence-electron chi connectivity index (χ0n) is 16.6. The van der Waals surface area contributed by atoms with Crippen LogP contribution in [0, 0.1) is 0 Å². The predicted octanol–water partition coefficient (Wildman–Crippen LogP) is 7.05. The molecule has 0 aromatic heterocycles. The van der Waals surface area contributed by atoms with Crippen LogP contribution < -0.4 is 10.1 Å². The Labute approximate surface area is 181 Å². The fraction of sp³-hybridized carbons (Fsp3) is 0.240. The number of nitrogens with one attached hydrogen (secondary N) is 1. The number of hydrogen-bond donors (Lipinski definition) is 1. The minimum Gasteiger partial charge on any atom is -0.494 e. The van der Waals surface area contributed by atoms with Crippen molar-refractivity contribution in [3.05, 3.63) is 94.5 Å². The van der Waals surface area contributed by atoms with Crippen molar-refractivity contribution in [2.45, 2.75) is 32.2 Å². The van der Waals surface area contributed by atoms with Gasteiger partial charge in [-0.05, 0) is 48.4 Å². The molecule has 150 valence electrons. The fourth-order valence-corrected chi connectivity index (χ4v) is 3.32. The highest BCUT2D eigenvalue weighted by atomic mass is 79.9. The van der Waals surface area contributed by atoms with Gasteiger partial charge in [0.2, 0.25) is 0 Å². The Morgan fingerprint density at radius 2 is 1.66 bits per heavy atom. The number of Topliss-reactive ketones (excluding diaryl/α,β-unsaturated/α-hetero) is 1. The molecule has 0 radical (unpaired) electrons. The molecule has 1 atom stereocenters. The van der Waals surface area contributed by atoms with Gasteiger partial charge in [-0.25, -0.2) is 0 Å². The van der Waals surface area contributed by atoms with Crippen LogP contribution in [-0.2, 0) is 0 Å². The number of hydrogen-bond acceptors (Lipinski definition) is 3. The summed E-state index contributed by atoms with van der Waals surface area (Å²) in [7, 11) is 0. The van der Waals surface area contributed by atoms with Crippen LogP contribution in [0.15, 0.2) is 83.3 Å². The summed E-state index contributed by atoms with van der Waals surface area (Å²) in [6, 6.07) is 25.3. The number of anilines is 1. The van der Waals surface area contributed by atoms with Gasteiger partial charge in [-0.15, -0.1) is 0 Å². The molecule has 0 saturated carbocycles. The van der Waals surface area contributed by atoms with Crippen molar-refractivity contribution in [3.8, 4) is 5.75 Å². The molecule has 3 aromatic rings. The number of unbranched alkanes of at least 4 members (excludes halogenated alkanes) is 1. The van der Waals surface area contributed by atoms with Crippen LogP contribution in [0.3, 0.4) is 0 Å². The first kappa shape index (κ1) is 21.1. The van der Waals surface area contributed by atoms with Crippen LogP contribution in [0.5, 0.6) is 5.75 Å². The van der Waals surface area contributed by atoms with E-state index < -0.39 is 0 Å². The quantitative estimate of drug-likeness (QED) is 0.265. The van der Waals surface area contributed by atoms with Gasteiger partial charge in [-0.1, -0.05) is 71.7 Å². The van der Waals surface area contributed by atoms with Gasteiger partial charge in [0.1, 0.15) is 5.75 Å². The molecule has 0 aliphatic carbocycles. The number of carbonyl (C=O) groups excluding carboxylic acids is 1. The van der Waals surface area contributed by atoms with Gasteiger partial charge >= 0.3 is 0 Å². The normalized spacial score (nSPS) is 11.7. The summed E-state index contributed by atoms with van der Waals surface area (Å²) in [5, 5.41) is 3.51. The zero-order valence-corrected chi connectivity index (χ0v) is 18.2. The van der Waals surface area contributed by atoms with Gasteiger partial charge in [0, 0.05) is 22.1 Å². The first-order valence-corrected chi connectivity index (χ1v) is 10.8. The minimum absolute atomic E-state index is 0.114. The van der Waals surface area contributed by atoms with Gasteiger partial charge in [-0.3, -0.25) is 4.79 Å². The fourth-order valence-electron chi connectivity index (χ4n) is 3.06. The molecule has 0 aliphatic heterocycles. The lowest BCUT2D eigenvalue weighted by Gasteiger charge is -2.20. The predicted molar refractivity (Wildman–Crippen MR) is 123 cm³/mol. The molecule has 0 heterocycles. The highest BCUT2D eigenvalue weighted by Crippen LogP contribution is 2.27. The summed E-state index contributed by atoms with van der Waals surface area (Å²) in [6.07, 6.45) is 2.52. The molecule has 0 saturated heterocycles. The lowest BCUT2D eigenvalue weighted by atomic mass is 9.97. The van der Waals surface area contributed by atoms with Crippen molar-refractivity contribution < 1.29 is 9.53 Å². The van der Waals surface area contributed by atoms with E-state index in [9.17, 15) is 4.79 Å². The van der Waals surface area contributed by atoms with Crippen LogP contribution in [0.25, 0.3) is 0 Å². The molecular weight excluding hydrogens is 426 g/mol. The number of rotatable bonds is 10. The van der Waals surface area contributed by atoms with Crippen LogP contribution in [0.2, 0.25) is 0 Å². The maximum absolute atomic E-state index is 12.8. The lowest BCUT2D eigenvalue weighted by Crippen LogP contribution is -2.16. The molecule has 1 N–H and O–H groups in total. The molecule has 0 fully saturated rings. The third kappa shape index (κ3) is 6.47. The topological polar surface area (TPSA) is 38.3 Å². The molecule has 4 heteroatoms. The monoisotopic (exact) mass is 451 g/mol. The zero-order chi connectivity index (χ0) is 20.5. The standard InChI is InChI=1S/C25H26BrNO2/c1-2-3-17-29-23-15-9-19(10-16-23)24(27-22-13-11-21(26)12-14-22)18-25(28)20-7-5-4-6-8-20/h4-16,24,27H,2-3,17-18H2,1H3. The summed E-state index contributed by atoms with van der Waals surface area (Å²) in [4.78, 5) is 12.8. The van der Waals surface area contributed by atoms with E-state index in [2.05, 4.69) is 28.2 Å². The van der Waals surface area contributed by atoms with E-state index in [0.717, 1.165) is 46.5 Å². The number of halogens is 1. The van der Waals surface area contributed by atoms with E-state index in [1.54, 1.807) is 0 Å². The Bertz CT molecular complexity index is 892. The SMILES string of the molecule is CCCCOc1ccc(C(CC(=O)c2ccccc2)Nc2ccc(Br)cc2)cc1. The summed E-state index contributed by atoms with van der Waals surface area (Å²) in [5.41, 5.74) is 2.76. The maximum Gasteiger partial charge on any atom is 0.165 e. The first-order chi connectivity index (χ1) is 14.2. The molecule has 0 spiro atoms. The summed E-state index contributed by atoms with van der Waals surface area (Å²) in [6.45, 7) is 2.87. The van der Waals surface area contributed by atoms with E-state index in [4.69, 9.17) is 4.74 Å². The van der Waals surface area contributed by atoms with Crippen LogP contribution in [0.1, 0.15) is 48.1 Å². The average Bonchev–Trinajstić information content (AvgIpc) is 2.76. The lowest BCUT2D eigenvalue weighted by molar-refractivity contribution is 0.0976. The largest absolute Gasteiger partial charge is 0.494 e. The van der Waals surface area contributed by atoms with E-state index in [-0.39, 0.29) is 11.8 Å². The Kier molecular flexibility index (Phi) is 7.88. The third-order valence-corrected chi connectivity index (χ3v) is 5.25. The summed E-state index contributed by atoms with van der Waals surface area (Å²) >= 11 is 3.47. The molecule has 0 amide bonds. The van der Waals surface area contributed by atoms with Crippen LogP contribution in [-0.4, -0.2) is 12.4 Å². The van der Waals surface area contributed by atoms with Gasteiger partial charge in [0.15, 0.2) is 5.78 Å². The Morgan fingerprint density at radius 3 is 2.31 bits per heavy atom. The van der Waals surface area contributed by atoms with Crippen molar-refractivity contribution in [2.24, 2.45) is 0 Å². The molecule has 3 rings (SSSR count). The van der Waals surface area contributed by atoms with Crippen molar-refractivity contribution in [2.75, 3.05) is 11.9 Å². The minimum atomic E-state index is -0.131. The summed E-state index contributed by atoms with van der Waals surface area (Å²) in [5.74, 6) is 0.975. The van der Waals surface area contributed by atoms with Gasteiger partial charge < -0.3 is 10.1 Å². The molecule has 0 aliphatic rings. The molecule has 29 heavy (non-hydrogen) atoms. The molecule has 3 nitrogen and oxygen atoms in total. The number of ketones is 1. The summed E-state index contributed by atoms with van der Waals surface area (Å²) < 4.78 is 6.79. The Morgan fingerprint density at radius 1 is 0.966 bits per heavy atom. The van der Waals surface area contributed by atoms with E-state index >= 15 is 0 Å². The number of carbonyl (C=O) groups is 1. The second kappa shape index (κ2) is 10.8. The molecular formula is C25H26BrNO2. The smallest absolute Gasteiger partial charge is 0.165 e. The van der Waals surface area contributed by atoms with E-state index in [0.29, 0.717) is 6.42 Å². The molecule has 0 bridgehead atoms. The molecule has 1 unspecified atom stereocenters. The first-order valence-electron chi connectivity index (χ1n) is 9.99.